The average molecular weight is 395 g/mol. The number of hydrazine groups is 1. The molecular formula is C9H14IN7O3. The molecule has 0 aliphatic carbocycles. The normalized spacial score (nSPS) is 8.85. The van der Waals surface area contributed by atoms with Crippen molar-refractivity contribution in [1.82, 2.24) is 10.4 Å². The van der Waals surface area contributed by atoms with Crippen LogP contribution in [0.15, 0.2) is 24.3 Å². The first kappa shape index (κ1) is 17.7. The topological polar surface area (TPSA) is 178 Å². The highest BCUT2D eigenvalue weighted by molar-refractivity contribution is 14.1. The van der Waals surface area contributed by atoms with Gasteiger partial charge in [-0.25, -0.2) is 0 Å². The Kier molecular flexibility index (Phi) is 7.72. The molecule has 0 saturated carbocycles. The van der Waals surface area contributed by atoms with E-state index in [1.54, 1.807) is 0 Å². The molecule has 110 valence electrons. The van der Waals surface area contributed by atoms with Crippen LogP contribution in [0, 0.1) is 24.5 Å². The van der Waals surface area contributed by atoms with E-state index in [0.29, 0.717) is 6.54 Å². The molecule has 0 aliphatic rings. The summed E-state index contributed by atoms with van der Waals surface area (Å²) in [7, 11) is 0. The van der Waals surface area contributed by atoms with Crippen molar-refractivity contribution in [2.45, 2.75) is 6.54 Å². The van der Waals surface area contributed by atoms with Gasteiger partial charge in [-0.2, -0.15) is 0 Å². The second-order valence-corrected chi connectivity index (χ2v) is 4.49. The Hall–Kier alpha value is -2.31. The molecule has 0 unspecified atom stereocenters. The highest BCUT2D eigenvalue weighted by Crippen LogP contribution is 2.12. The fraction of sp³-hybridized carbons (Fsp3) is 0.111. The first-order valence-electron chi connectivity index (χ1n) is 5.03. The molecule has 10 nitrogen and oxygen atoms in total. The number of nitrogens with two attached hydrogens (primary N) is 2. The van der Waals surface area contributed by atoms with Crippen LogP contribution >= 0.6 is 22.6 Å². The zero-order valence-electron chi connectivity index (χ0n) is 10.2. The minimum Gasteiger partial charge on any atom is -0.369 e. The molecule has 0 bridgehead atoms. The summed E-state index contributed by atoms with van der Waals surface area (Å²) in [5, 5.41) is 29.4. The smallest absolute Gasteiger partial charge is 0.291 e. The van der Waals surface area contributed by atoms with Crippen molar-refractivity contribution in [2.75, 3.05) is 0 Å². The maximum absolute atomic E-state index is 8.36. The molecule has 20 heavy (non-hydrogen) atoms. The van der Waals surface area contributed by atoms with Gasteiger partial charge in [0.25, 0.3) is 5.09 Å². The van der Waals surface area contributed by atoms with Gasteiger partial charge in [0.2, 0.25) is 11.9 Å². The van der Waals surface area contributed by atoms with E-state index in [1.807, 2.05) is 24.3 Å². The Morgan fingerprint density at radius 3 is 2.35 bits per heavy atom. The molecule has 8 N–H and O–H groups in total. The van der Waals surface area contributed by atoms with E-state index in [9.17, 15) is 0 Å². The van der Waals surface area contributed by atoms with Gasteiger partial charge >= 0.3 is 0 Å². The lowest BCUT2D eigenvalue weighted by atomic mass is 10.2. The molecule has 1 aromatic carbocycles. The third-order valence-corrected chi connectivity index (χ3v) is 2.88. The summed E-state index contributed by atoms with van der Waals surface area (Å²) in [4.78, 5) is 8.36. The van der Waals surface area contributed by atoms with Gasteiger partial charge in [0, 0.05) is 3.57 Å². The number of nitrogens with one attached hydrogen (secondary N) is 3. The molecule has 0 aromatic heterocycles. The van der Waals surface area contributed by atoms with Gasteiger partial charge < -0.3 is 16.7 Å². The van der Waals surface area contributed by atoms with Crippen LogP contribution in [-0.4, -0.2) is 27.2 Å². The molecular weight excluding hydrogens is 381 g/mol. The van der Waals surface area contributed by atoms with Gasteiger partial charge in [-0.3, -0.25) is 21.3 Å². The highest BCUT2D eigenvalue weighted by atomic mass is 127. The van der Waals surface area contributed by atoms with E-state index in [4.69, 9.17) is 37.6 Å². The number of hydrogen-bond acceptors (Lipinski definition) is 4. The molecule has 0 saturated heterocycles. The predicted octanol–water partition coefficient (Wildman–Crippen LogP) is 0.0370. The molecule has 0 heterocycles. The van der Waals surface area contributed by atoms with E-state index in [2.05, 4.69) is 28.0 Å². The Balaban J connectivity index is 0.000000796. The van der Waals surface area contributed by atoms with Crippen molar-refractivity contribution in [2.24, 2.45) is 11.5 Å². The molecule has 0 atom stereocenters. The third-order valence-electron chi connectivity index (χ3n) is 1.83. The molecule has 11 heteroatoms. The fourth-order valence-electron chi connectivity index (χ4n) is 1.13. The second kappa shape index (κ2) is 8.73. The monoisotopic (exact) mass is 395 g/mol. The predicted molar refractivity (Wildman–Crippen MR) is 80.4 cm³/mol. The zero-order chi connectivity index (χ0) is 15.7. The molecule has 0 fully saturated rings. The van der Waals surface area contributed by atoms with Gasteiger partial charge in [0.05, 0.1) is 6.54 Å². The van der Waals surface area contributed by atoms with Gasteiger partial charge in [-0.15, -0.1) is 10.1 Å². The number of rotatable bonds is 2. The zero-order valence-corrected chi connectivity index (χ0v) is 12.4. The van der Waals surface area contributed by atoms with Crippen molar-refractivity contribution >= 4 is 34.5 Å². The van der Waals surface area contributed by atoms with Crippen LogP contribution in [0.5, 0.6) is 0 Å². The van der Waals surface area contributed by atoms with Crippen LogP contribution in [0.2, 0.25) is 0 Å². The number of guanidine groups is 2. The van der Waals surface area contributed by atoms with Crippen molar-refractivity contribution in [3.8, 4) is 0 Å². The molecule has 0 radical (unpaired) electrons. The SMILES string of the molecule is N=C(N)NN(Cc1ccccc1I)C(=N)N.O=[N+]([O-])O. The number of halogens is 1. The van der Waals surface area contributed by atoms with E-state index in [0.717, 1.165) is 9.13 Å². The van der Waals surface area contributed by atoms with Crippen LogP contribution in [0.4, 0.5) is 0 Å². The fourth-order valence-corrected chi connectivity index (χ4v) is 1.69. The number of hydrogen-bond donors (Lipinski definition) is 6. The van der Waals surface area contributed by atoms with Crippen LogP contribution < -0.4 is 16.9 Å². The van der Waals surface area contributed by atoms with Crippen LogP contribution in [-0.2, 0) is 6.54 Å². The Morgan fingerprint density at radius 1 is 1.45 bits per heavy atom. The van der Waals surface area contributed by atoms with Crippen LogP contribution in [0.25, 0.3) is 0 Å². The minimum atomic E-state index is -1.50. The third kappa shape index (κ3) is 7.91. The van der Waals surface area contributed by atoms with Gasteiger partial charge in [-0.05, 0) is 34.2 Å². The molecule has 1 aromatic rings. The minimum absolute atomic E-state index is 0.185. The summed E-state index contributed by atoms with van der Waals surface area (Å²) >= 11 is 2.20. The summed E-state index contributed by atoms with van der Waals surface area (Å²) in [6, 6.07) is 7.73. The van der Waals surface area contributed by atoms with Crippen molar-refractivity contribution in [1.29, 1.82) is 10.8 Å². The largest absolute Gasteiger partial charge is 0.369 e. The molecule has 1 rings (SSSR count). The lowest BCUT2D eigenvalue weighted by molar-refractivity contribution is -0.742. The first-order chi connectivity index (χ1) is 9.23. The highest BCUT2D eigenvalue weighted by Gasteiger charge is 2.09. The lowest BCUT2D eigenvalue weighted by Crippen LogP contribution is -2.50. The summed E-state index contributed by atoms with van der Waals surface area (Å²) in [6.45, 7) is 0.383. The van der Waals surface area contributed by atoms with E-state index < -0.39 is 5.09 Å². The van der Waals surface area contributed by atoms with E-state index in [-0.39, 0.29) is 11.9 Å². The van der Waals surface area contributed by atoms with Crippen molar-refractivity contribution < 1.29 is 10.3 Å². The quantitative estimate of drug-likeness (QED) is 0.134. The molecule has 0 amide bonds. The average Bonchev–Trinajstić information content (AvgIpc) is 2.29. The molecule has 0 spiro atoms. The van der Waals surface area contributed by atoms with Gasteiger partial charge in [0.1, 0.15) is 0 Å². The van der Waals surface area contributed by atoms with Crippen LogP contribution in [0.3, 0.4) is 0 Å². The number of nitrogens with zero attached hydrogens (tertiary/aromatic N) is 2. The van der Waals surface area contributed by atoms with Crippen LogP contribution in [0.1, 0.15) is 5.56 Å². The Bertz CT molecular complexity index is 492. The van der Waals surface area contributed by atoms with E-state index >= 15 is 0 Å². The summed E-state index contributed by atoms with van der Waals surface area (Å²) in [5.41, 5.74) is 14.1. The summed E-state index contributed by atoms with van der Waals surface area (Å²) in [5.74, 6) is -0.434. The second-order valence-electron chi connectivity index (χ2n) is 3.33. The van der Waals surface area contributed by atoms with Gasteiger partial charge in [0.15, 0.2) is 0 Å². The maximum Gasteiger partial charge on any atom is 0.291 e. The lowest BCUT2D eigenvalue weighted by Gasteiger charge is -2.23. The van der Waals surface area contributed by atoms with E-state index in [1.165, 1.54) is 5.01 Å². The summed E-state index contributed by atoms with van der Waals surface area (Å²) in [6.07, 6.45) is 0. The van der Waals surface area contributed by atoms with Crippen molar-refractivity contribution in [3.05, 3.63) is 43.5 Å². The Labute approximate surface area is 128 Å². The number of benzene rings is 1. The molecule has 0 aliphatic heterocycles. The maximum atomic E-state index is 8.36. The van der Waals surface area contributed by atoms with Gasteiger partial charge in [-0.1, -0.05) is 18.2 Å². The van der Waals surface area contributed by atoms with Crippen molar-refractivity contribution in [3.63, 3.8) is 0 Å². The first-order valence-corrected chi connectivity index (χ1v) is 6.10. The standard InChI is InChI=1S/C9H13IN6.HNO3/c10-7-4-2-1-3-6(7)5-16(9(13)14)15-8(11)12;2-1(3)4/h1-4H,5H2,(H3,13,14)(H4,11,12,15);(H,2,3,4). The Morgan fingerprint density at radius 2 is 1.95 bits per heavy atom. The summed E-state index contributed by atoms with van der Waals surface area (Å²) < 4.78 is 1.07.